The van der Waals surface area contributed by atoms with Crippen LogP contribution in [-0.2, 0) is 11.3 Å². The van der Waals surface area contributed by atoms with Gasteiger partial charge in [0.15, 0.2) is 0 Å². The number of nitro benzene ring substituents is 1. The number of nitrogen functional groups attached to an aromatic ring is 1. The standard InChI is InChI=1S/C24H31ClN6O3/c1-28(23-20(25)3-2-4-21(23)31(33)34)19-8-13-30(14-9-19)24(32)18-6-11-29(12-7-18)16-17-5-10-27-22(26)15-17/h2-5,10,15,18-19H,6-9,11-14,16H2,1H3,(H2,26,27). The zero-order valence-electron chi connectivity index (χ0n) is 19.4. The van der Waals surface area contributed by atoms with Gasteiger partial charge in [0.1, 0.15) is 11.5 Å². The monoisotopic (exact) mass is 486 g/mol. The Balaban J connectivity index is 1.29. The van der Waals surface area contributed by atoms with E-state index in [4.69, 9.17) is 17.3 Å². The summed E-state index contributed by atoms with van der Waals surface area (Å²) in [5, 5.41) is 11.8. The lowest BCUT2D eigenvalue weighted by atomic mass is 9.93. The van der Waals surface area contributed by atoms with E-state index >= 15 is 0 Å². The van der Waals surface area contributed by atoms with E-state index in [0.29, 0.717) is 29.6 Å². The zero-order valence-corrected chi connectivity index (χ0v) is 20.2. The molecule has 9 nitrogen and oxygen atoms in total. The predicted molar refractivity (Wildman–Crippen MR) is 133 cm³/mol. The minimum atomic E-state index is -0.396. The number of pyridine rings is 1. The normalized spacial score (nSPS) is 18.1. The first-order chi connectivity index (χ1) is 16.3. The van der Waals surface area contributed by atoms with Crippen molar-refractivity contribution >= 4 is 34.7 Å². The molecular weight excluding hydrogens is 456 g/mol. The van der Waals surface area contributed by atoms with E-state index in [1.807, 2.05) is 29.0 Å². The molecule has 4 rings (SSSR count). The summed E-state index contributed by atoms with van der Waals surface area (Å²) in [6, 6.07) is 8.72. The van der Waals surface area contributed by atoms with Gasteiger partial charge in [-0.25, -0.2) is 4.98 Å². The Kier molecular flexibility index (Phi) is 7.53. The van der Waals surface area contributed by atoms with Crippen LogP contribution in [0.1, 0.15) is 31.2 Å². The van der Waals surface area contributed by atoms with Gasteiger partial charge < -0.3 is 15.5 Å². The van der Waals surface area contributed by atoms with Gasteiger partial charge in [-0.15, -0.1) is 0 Å². The number of benzene rings is 1. The molecule has 1 aromatic heterocycles. The summed E-state index contributed by atoms with van der Waals surface area (Å²) in [5.41, 5.74) is 7.37. The number of amides is 1. The van der Waals surface area contributed by atoms with E-state index in [0.717, 1.165) is 50.9 Å². The number of aromatic nitrogens is 1. The summed E-state index contributed by atoms with van der Waals surface area (Å²) < 4.78 is 0. The van der Waals surface area contributed by atoms with Crippen molar-refractivity contribution in [3.63, 3.8) is 0 Å². The lowest BCUT2D eigenvalue weighted by Crippen LogP contribution is -2.49. The van der Waals surface area contributed by atoms with Crippen LogP contribution in [0.4, 0.5) is 17.2 Å². The summed E-state index contributed by atoms with van der Waals surface area (Å²) in [7, 11) is 1.85. The summed E-state index contributed by atoms with van der Waals surface area (Å²) in [4.78, 5) is 34.5. The van der Waals surface area contributed by atoms with Crippen LogP contribution in [0.3, 0.4) is 0 Å². The Morgan fingerprint density at radius 1 is 1.21 bits per heavy atom. The number of nitro groups is 1. The van der Waals surface area contributed by atoms with Gasteiger partial charge in [0, 0.05) is 50.9 Å². The topological polar surface area (TPSA) is 109 Å². The van der Waals surface area contributed by atoms with Crippen molar-refractivity contribution in [1.29, 1.82) is 0 Å². The summed E-state index contributed by atoms with van der Waals surface area (Å²) in [5.74, 6) is 0.816. The van der Waals surface area contributed by atoms with Crippen molar-refractivity contribution in [2.24, 2.45) is 5.92 Å². The lowest BCUT2D eigenvalue weighted by molar-refractivity contribution is -0.384. The number of nitrogens with zero attached hydrogens (tertiary/aromatic N) is 5. The number of likely N-dealkylation sites (tertiary alicyclic amines) is 2. The van der Waals surface area contributed by atoms with E-state index in [1.165, 1.54) is 6.07 Å². The number of halogens is 1. The van der Waals surface area contributed by atoms with Crippen molar-refractivity contribution in [3.05, 3.63) is 57.2 Å². The molecule has 0 saturated carbocycles. The number of hydrogen-bond acceptors (Lipinski definition) is 7. The highest BCUT2D eigenvalue weighted by atomic mass is 35.5. The second-order valence-corrected chi connectivity index (χ2v) is 9.58. The Hall–Kier alpha value is -2.91. The molecule has 10 heteroatoms. The second kappa shape index (κ2) is 10.6. The first kappa shape index (κ1) is 24.2. The van der Waals surface area contributed by atoms with Crippen molar-refractivity contribution in [1.82, 2.24) is 14.8 Å². The molecule has 2 aromatic rings. The Morgan fingerprint density at radius 3 is 2.56 bits per heavy atom. The van der Waals surface area contributed by atoms with Crippen LogP contribution in [0.5, 0.6) is 0 Å². The van der Waals surface area contributed by atoms with Crippen molar-refractivity contribution in [3.8, 4) is 0 Å². The highest BCUT2D eigenvalue weighted by Crippen LogP contribution is 2.37. The molecule has 3 heterocycles. The summed E-state index contributed by atoms with van der Waals surface area (Å²) >= 11 is 6.31. The largest absolute Gasteiger partial charge is 0.384 e. The van der Waals surface area contributed by atoms with Crippen LogP contribution >= 0.6 is 11.6 Å². The Morgan fingerprint density at radius 2 is 1.91 bits per heavy atom. The van der Waals surface area contributed by atoms with E-state index < -0.39 is 4.92 Å². The molecule has 1 aromatic carbocycles. The fourth-order valence-corrected chi connectivity index (χ4v) is 5.41. The van der Waals surface area contributed by atoms with E-state index in [9.17, 15) is 14.9 Å². The third-order valence-corrected chi connectivity index (χ3v) is 7.33. The van der Waals surface area contributed by atoms with Crippen molar-refractivity contribution in [2.75, 3.05) is 43.9 Å². The molecule has 2 aliphatic rings. The SMILES string of the molecule is CN(c1c(Cl)cccc1[N+](=O)[O-])C1CCN(C(=O)C2CCN(Cc3ccnc(N)c3)CC2)CC1. The van der Waals surface area contributed by atoms with Crippen molar-refractivity contribution < 1.29 is 9.72 Å². The highest BCUT2D eigenvalue weighted by Gasteiger charge is 2.33. The third-order valence-electron chi connectivity index (χ3n) is 7.03. The minimum Gasteiger partial charge on any atom is -0.384 e. The first-order valence-corrected chi connectivity index (χ1v) is 12.1. The van der Waals surface area contributed by atoms with E-state index in [1.54, 1.807) is 18.3 Å². The maximum atomic E-state index is 13.2. The molecule has 2 aliphatic heterocycles. The third kappa shape index (κ3) is 5.42. The summed E-state index contributed by atoms with van der Waals surface area (Å²) in [6.45, 7) is 3.90. The number of hydrogen-bond donors (Lipinski definition) is 1. The van der Waals surface area contributed by atoms with Crippen LogP contribution in [0, 0.1) is 16.0 Å². The number of piperidine rings is 2. The van der Waals surface area contributed by atoms with Gasteiger partial charge in [0.05, 0.1) is 9.95 Å². The van der Waals surface area contributed by atoms with E-state index in [-0.39, 0.29) is 23.6 Å². The van der Waals surface area contributed by atoms with Crippen molar-refractivity contribution in [2.45, 2.75) is 38.3 Å². The van der Waals surface area contributed by atoms with Gasteiger partial charge in [-0.2, -0.15) is 0 Å². The molecule has 2 fully saturated rings. The van der Waals surface area contributed by atoms with Gasteiger partial charge in [0.25, 0.3) is 5.69 Å². The average molecular weight is 487 g/mol. The number of nitrogens with two attached hydrogens (primary N) is 1. The van der Waals surface area contributed by atoms with Crippen LogP contribution in [-0.4, -0.2) is 64.9 Å². The molecule has 0 bridgehead atoms. The maximum absolute atomic E-state index is 13.2. The predicted octanol–water partition coefficient (Wildman–Crippen LogP) is 3.56. The molecule has 2 N–H and O–H groups in total. The fourth-order valence-electron chi connectivity index (χ4n) is 5.10. The number of carbonyl (C=O) groups excluding carboxylic acids is 1. The Bertz CT molecular complexity index is 1040. The average Bonchev–Trinajstić information content (AvgIpc) is 2.83. The van der Waals surface area contributed by atoms with Gasteiger partial charge in [0.2, 0.25) is 5.91 Å². The maximum Gasteiger partial charge on any atom is 0.294 e. The smallest absolute Gasteiger partial charge is 0.294 e. The number of para-hydroxylation sites is 1. The Labute approximate surface area is 204 Å². The number of anilines is 2. The number of rotatable bonds is 6. The van der Waals surface area contributed by atoms with Crippen LogP contribution in [0.15, 0.2) is 36.5 Å². The van der Waals surface area contributed by atoms with Gasteiger partial charge in [-0.3, -0.25) is 19.8 Å². The first-order valence-electron chi connectivity index (χ1n) is 11.7. The molecular formula is C24H31ClN6O3. The van der Waals surface area contributed by atoms with Gasteiger partial charge in [-0.05, 0) is 62.5 Å². The van der Waals surface area contributed by atoms with Crippen LogP contribution in [0.2, 0.25) is 5.02 Å². The molecule has 1 amide bonds. The zero-order chi connectivity index (χ0) is 24.2. The molecule has 182 valence electrons. The molecule has 2 saturated heterocycles. The van der Waals surface area contributed by atoms with E-state index in [2.05, 4.69) is 9.88 Å². The molecule has 0 spiro atoms. The molecule has 0 unspecified atom stereocenters. The quantitative estimate of drug-likeness (QED) is 0.491. The number of carbonyl (C=O) groups is 1. The highest BCUT2D eigenvalue weighted by molar-refractivity contribution is 6.33. The lowest BCUT2D eigenvalue weighted by Gasteiger charge is -2.40. The van der Waals surface area contributed by atoms with Crippen LogP contribution in [0.25, 0.3) is 0 Å². The molecule has 34 heavy (non-hydrogen) atoms. The summed E-state index contributed by atoms with van der Waals surface area (Å²) in [6.07, 6.45) is 4.95. The molecule has 0 radical (unpaired) electrons. The second-order valence-electron chi connectivity index (χ2n) is 9.17. The molecule has 0 aliphatic carbocycles. The molecule has 0 atom stereocenters. The minimum absolute atomic E-state index is 0.00900. The van der Waals surface area contributed by atoms with Crippen LogP contribution < -0.4 is 10.6 Å². The fraction of sp³-hybridized carbons (Fsp3) is 0.500. The van der Waals surface area contributed by atoms with Gasteiger partial charge >= 0.3 is 0 Å². The van der Waals surface area contributed by atoms with Gasteiger partial charge in [-0.1, -0.05) is 17.7 Å².